The molecule has 4 nitrogen and oxygen atoms in total. The van der Waals surface area contributed by atoms with Crippen LogP contribution in [0.5, 0.6) is 0 Å². The third-order valence-corrected chi connectivity index (χ3v) is 3.20. The predicted molar refractivity (Wildman–Crippen MR) is 65.9 cm³/mol. The third kappa shape index (κ3) is 4.49. The van der Waals surface area contributed by atoms with Crippen LogP contribution in [-0.2, 0) is 4.79 Å². The summed E-state index contributed by atoms with van der Waals surface area (Å²) in [6.07, 6.45) is 7.42. The van der Waals surface area contributed by atoms with E-state index >= 15 is 0 Å². The van der Waals surface area contributed by atoms with Crippen molar-refractivity contribution in [2.45, 2.75) is 51.0 Å². The van der Waals surface area contributed by atoms with Gasteiger partial charge in [-0.1, -0.05) is 19.3 Å². The second kappa shape index (κ2) is 7.63. The van der Waals surface area contributed by atoms with Gasteiger partial charge < -0.3 is 16.4 Å². The van der Waals surface area contributed by atoms with Crippen LogP contribution in [0.1, 0.15) is 44.9 Å². The maximum Gasteiger partial charge on any atom is 0.239 e. The largest absolute Gasteiger partial charge is 0.341 e. The smallest absolute Gasteiger partial charge is 0.239 e. The number of carbonyl (C=O) groups excluding carboxylic acids is 1. The van der Waals surface area contributed by atoms with Crippen molar-refractivity contribution >= 4 is 5.91 Å². The first-order valence-corrected chi connectivity index (χ1v) is 6.50. The van der Waals surface area contributed by atoms with Crippen molar-refractivity contribution in [2.24, 2.45) is 11.5 Å². The Hall–Kier alpha value is -0.610. The highest BCUT2D eigenvalue weighted by Crippen LogP contribution is 2.11. The van der Waals surface area contributed by atoms with Gasteiger partial charge in [0.1, 0.15) is 0 Å². The Morgan fingerprint density at radius 1 is 1.12 bits per heavy atom. The monoisotopic (exact) mass is 227 g/mol. The molecule has 1 aliphatic rings. The molecule has 0 aliphatic carbocycles. The van der Waals surface area contributed by atoms with Gasteiger partial charge in [-0.05, 0) is 32.2 Å². The van der Waals surface area contributed by atoms with E-state index in [2.05, 4.69) is 0 Å². The van der Waals surface area contributed by atoms with Crippen molar-refractivity contribution in [3.05, 3.63) is 0 Å². The Kier molecular flexibility index (Phi) is 6.42. The molecule has 0 bridgehead atoms. The zero-order valence-electron chi connectivity index (χ0n) is 10.2. The van der Waals surface area contributed by atoms with Gasteiger partial charge in [0.15, 0.2) is 0 Å². The number of rotatable bonds is 5. The molecule has 94 valence electrons. The van der Waals surface area contributed by atoms with E-state index in [9.17, 15) is 4.79 Å². The minimum absolute atomic E-state index is 0.138. The second-order valence-electron chi connectivity index (χ2n) is 4.63. The van der Waals surface area contributed by atoms with Crippen LogP contribution in [0.3, 0.4) is 0 Å². The van der Waals surface area contributed by atoms with Gasteiger partial charge >= 0.3 is 0 Å². The summed E-state index contributed by atoms with van der Waals surface area (Å²) >= 11 is 0. The first kappa shape index (κ1) is 13.5. The molecule has 1 saturated heterocycles. The summed E-state index contributed by atoms with van der Waals surface area (Å²) in [6.45, 7) is 2.47. The first-order valence-electron chi connectivity index (χ1n) is 6.50. The zero-order valence-corrected chi connectivity index (χ0v) is 10.2. The molecule has 16 heavy (non-hydrogen) atoms. The molecule has 1 amide bonds. The summed E-state index contributed by atoms with van der Waals surface area (Å²) in [5.74, 6) is 0.138. The highest BCUT2D eigenvalue weighted by atomic mass is 16.2. The lowest BCUT2D eigenvalue weighted by atomic mass is 10.1. The molecule has 1 rings (SSSR count). The molecular weight excluding hydrogens is 202 g/mol. The van der Waals surface area contributed by atoms with E-state index in [1.807, 2.05) is 4.90 Å². The lowest BCUT2D eigenvalue weighted by Crippen LogP contribution is -2.44. The highest BCUT2D eigenvalue weighted by Gasteiger charge is 2.21. The number of nitrogens with two attached hydrogens (primary N) is 2. The molecule has 0 radical (unpaired) electrons. The van der Waals surface area contributed by atoms with E-state index in [-0.39, 0.29) is 11.9 Å². The standard InChI is InChI=1S/C12H25N3O/c13-8-4-3-7-11(14)12(16)15-9-5-1-2-6-10-15/h11H,1-10,13-14H2/t11-/m0/s1. The van der Waals surface area contributed by atoms with Crippen molar-refractivity contribution in [3.8, 4) is 0 Å². The predicted octanol–water partition coefficient (Wildman–Crippen LogP) is 0.845. The maximum absolute atomic E-state index is 12.0. The molecule has 0 spiro atoms. The second-order valence-corrected chi connectivity index (χ2v) is 4.63. The van der Waals surface area contributed by atoms with Gasteiger partial charge in [-0.15, -0.1) is 0 Å². The average molecular weight is 227 g/mol. The molecule has 1 atom stereocenters. The number of likely N-dealkylation sites (tertiary alicyclic amines) is 1. The zero-order chi connectivity index (χ0) is 11.8. The van der Waals surface area contributed by atoms with Gasteiger partial charge in [0.25, 0.3) is 0 Å². The molecule has 0 unspecified atom stereocenters. The van der Waals surface area contributed by atoms with Crippen LogP contribution in [-0.4, -0.2) is 36.5 Å². The van der Waals surface area contributed by atoms with E-state index in [0.717, 1.165) is 45.2 Å². The van der Waals surface area contributed by atoms with Crippen LogP contribution in [0.25, 0.3) is 0 Å². The summed E-state index contributed by atoms with van der Waals surface area (Å²) < 4.78 is 0. The number of carbonyl (C=O) groups is 1. The molecule has 1 aliphatic heterocycles. The number of amides is 1. The van der Waals surface area contributed by atoms with Gasteiger partial charge in [0.05, 0.1) is 6.04 Å². The lowest BCUT2D eigenvalue weighted by Gasteiger charge is -2.23. The topological polar surface area (TPSA) is 72.3 Å². The average Bonchev–Trinajstić information content (AvgIpc) is 2.56. The molecule has 1 fully saturated rings. The Morgan fingerprint density at radius 3 is 2.31 bits per heavy atom. The molecule has 0 saturated carbocycles. The van der Waals surface area contributed by atoms with Gasteiger partial charge in [0.2, 0.25) is 5.91 Å². The van der Waals surface area contributed by atoms with E-state index < -0.39 is 0 Å². The third-order valence-electron chi connectivity index (χ3n) is 3.20. The normalized spacial score (nSPS) is 19.2. The van der Waals surface area contributed by atoms with Crippen LogP contribution >= 0.6 is 0 Å². The number of hydrogen-bond acceptors (Lipinski definition) is 3. The molecule has 0 aromatic heterocycles. The van der Waals surface area contributed by atoms with Gasteiger partial charge in [-0.2, -0.15) is 0 Å². The van der Waals surface area contributed by atoms with Crippen molar-refractivity contribution in [2.75, 3.05) is 19.6 Å². The Balaban J connectivity index is 2.30. The SMILES string of the molecule is NCCCC[C@H](N)C(=O)N1CCCCCC1. The molecule has 0 aromatic carbocycles. The molecule has 4 N–H and O–H groups in total. The first-order chi connectivity index (χ1) is 7.75. The fraction of sp³-hybridized carbons (Fsp3) is 0.917. The summed E-state index contributed by atoms with van der Waals surface area (Å²) in [4.78, 5) is 14.0. The fourth-order valence-electron chi connectivity index (χ4n) is 2.16. The summed E-state index contributed by atoms with van der Waals surface area (Å²) in [5.41, 5.74) is 11.3. The van der Waals surface area contributed by atoms with Crippen LogP contribution in [0, 0.1) is 0 Å². The van der Waals surface area contributed by atoms with Crippen molar-refractivity contribution < 1.29 is 4.79 Å². The summed E-state index contributed by atoms with van der Waals surface area (Å²) in [6, 6.07) is -0.315. The minimum atomic E-state index is -0.315. The molecule has 4 heteroatoms. The molecular formula is C12H25N3O. The summed E-state index contributed by atoms with van der Waals surface area (Å²) in [5, 5.41) is 0. The fourth-order valence-corrected chi connectivity index (χ4v) is 2.16. The van der Waals surface area contributed by atoms with E-state index in [1.165, 1.54) is 12.8 Å². The van der Waals surface area contributed by atoms with Crippen molar-refractivity contribution in [1.82, 2.24) is 4.90 Å². The van der Waals surface area contributed by atoms with Crippen LogP contribution in [0.15, 0.2) is 0 Å². The lowest BCUT2D eigenvalue weighted by molar-refractivity contribution is -0.132. The van der Waals surface area contributed by atoms with Crippen LogP contribution in [0.4, 0.5) is 0 Å². The van der Waals surface area contributed by atoms with E-state index in [4.69, 9.17) is 11.5 Å². The minimum Gasteiger partial charge on any atom is -0.341 e. The van der Waals surface area contributed by atoms with Gasteiger partial charge in [-0.3, -0.25) is 4.79 Å². The Morgan fingerprint density at radius 2 is 1.75 bits per heavy atom. The maximum atomic E-state index is 12.0. The Bertz CT molecular complexity index is 200. The van der Waals surface area contributed by atoms with Crippen LogP contribution < -0.4 is 11.5 Å². The highest BCUT2D eigenvalue weighted by molar-refractivity contribution is 5.81. The summed E-state index contributed by atoms with van der Waals surface area (Å²) in [7, 11) is 0. The van der Waals surface area contributed by atoms with Crippen LogP contribution in [0.2, 0.25) is 0 Å². The van der Waals surface area contributed by atoms with Gasteiger partial charge in [0, 0.05) is 13.1 Å². The van der Waals surface area contributed by atoms with Gasteiger partial charge in [-0.25, -0.2) is 0 Å². The number of hydrogen-bond donors (Lipinski definition) is 2. The number of unbranched alkanes of at least 4 members (excludes halogenated alkanes) is 1. The van der Waals surface area contributed by atoms with E-state index in [0.29, 0.717) is 6.54 Å². The number of nitrogens with zero attached hydrogens (tertiary/aromatic N) is 1. The van der Waals surface area contributed by atoms with Crippen molar-refractivity contribution in [3.63, 3.8) is 0 Å². The van der Waals surface area contributed by atoms with E-state index in [1.54, 1.807) is 0 Å². The Labute approximate surface area is 98.3 Å². The quantitative estimate of drug-likeness (QED) is 0.684. The van der Waals surface area contributed by atoms with Crippen molar-refractivity contribution in [1.29, 1.82) is 0 Å². The molecule has 0 aromatic rings. The molecule has 1 heterocycles.